The molecule has 4 aromatic rings. The zero-order chi connectivity index (χ0) is 23.1. The Labute approximate surface area is 205 Å². The molecule has 0 aliphatic carbocycles. The van der Waals surface area contributed by atoms with Gasteiger partial charge in [0.25, 0.3) is 5.56 Å². The molecule has 1 aromatic heterocycles. The topological polar surface area (TPSA) is 38.1 Å². The van der Waals surface area contributed by atoms with Crippen LogP contribution in [0.5, 0.6) is 0 Å². The summed E-state index contributed by atoms with van der Waals surface area (Å²) in [6, 6.07) is 14.8. The van der Waals surface area contributed by atoms with Crippen LogP contribution in [0.1, 0.15) is 18.4 Å². The Hall–Kier alpha value is -2.44. The highest BCUT2D eigenvalue weighted by molar-refractivity contribution is 6.34. The zero-order valence-electron chi connectivity index (χ0n) is 17.5. The number of likely N-dealkylation sites (tertiary alicyclic amines) is 1. The van der Waals surface area contributed by atoms with Crippen LogP contribution in [0.4, 0.5) is 4.39 Å². The van der Waals surface area contributed by atoms with Crippen LogP contribution in [0.25, 0.3) is 28.0 Å². The van der Waals surface area contributed by atoms with Crippen LogP contribution in [0, 0.1) is 5.82 Å². The molecule has 1 aliphatic rings. The third kappa shape index (κ3) is 4.26. The summed E-state index contributed by atoms with van der Waals surface area (Å²) in [5.41, 5.74) is 1.93. The van der Waals surface area contributed by atoms with E-state index < -0.39 is 5.82 Å². The molecular weight excluding hydrogens is 484 g/mol. The first-order chi connectivity index (χ1) is 15.9. The van der Waals surface area contributed by atoms with E-state index in [1.807, 2.05) is 18.2 Å². The fourth-order valence-corrected chi connectivity index (χ4v) is 4.81. The second kappa shape index (κ2) is 9.07. The number of aromatic nitrogens is 2. The molecule has 8 heteroatoms. The van der Waals surface area contributed by atoms with Gasteiger partial charge in [-0.1, -0.05) is 46.9 Å². The Morgan fingerprint density at radius 3 is 2.52 bits per heavy atom. The number of hydrogen-bond acceptors (Lipinski definition) is 3. The van der Waals surface area contributed by atoms with E-state index in [1.54, 1.807) is 24.3 Å². The number of hydrogen-bond donors (Lipinski definition) is 0. The van der Waals surface area contributed by atoms with E-state index in [-0.39, 0.29) is 10.6 Å². The molecular formula is C25H19Cl3FN3O. The Morgan fingerprint density at radius 1 is 0.970 bits per heavy atom. The lowest BCUT2D eigenvalue weighted by atomic mass is 10.1. The van der Waals surface area contributed by atoms with Crippen LogP contribution in [-0.2, 0) is 6.54 Å². The number of fused-ring (bicyclic) bond motifs is 1. The van der Waals surface area contributed by atoms with Crippen LogP contribution in [-0.4, -0.2) is 27.5 Å². The summed E-state index contributed by atoms with van der Waals surface area (Å²) in [6.45, 7) is 2.77. The van der Waals surface area contributed by atoms with Gasteiger partial charge in [0.15, 0.2) is 0 Å². The SMILES string of the molecule is O=c1c2ccc(Cl)cc2nc(-c2cccc(CN3CCCC3)c2Cl)n1-c1ccc(Cl)c(F)c1. The third-order valence-corrected chi connectivity index (χ3v) is 6.89. The van der Waals surface area contributed by atoms with Gasteiger partial charge in [-0.25, -0.2) is 9.37 Å². The minimum absolute atomic E-state index is 0.0282. The van der Waals surface area contributed by atoms with Gasteiger partial charge < -0.3 is 0 Å². The molecule has 0 unspecified atom stereocenters. The molecule has 3 aromatic carbocycles. The van der Waals surface area contributed by atoms with E-state index >= 15 is 0 Å². The summed E-state index contributed by atoms with van der Waals surface area (Å²) in [7, 11) is 0. The van der Waals surface area contributed by atoms with Crippen molar-refractivity contribution in [1.82, 2.24) is 14.5 Å². The van der Waals surface area contributed by atoms with Gasteiger partial charge in [-0.2, -0.15) is 0 Å². The van der Waals surface area contributed by atoms with E-state index in [0.29, 0.717) is 44.6 Å². The number of halogens is 4. The van der Waals surface area contributed by atoms with Crippen molar-refractivity contribution in [3.05, 3.63) is 91.4 Å². The fourth-order valence-electron chi connectivity index (χ4n) is 4.26. The average molecular weight is 503 g/mol. The summed E-state index contributed by atoms with van der Waals surface area (Å²) in [4.78, 5) is 20.7. The first-order valence-corrected chi connectivity index (χ1v) is 11.7. The van der Waals surface area contributed by atoms with Gasteiger partial charge in [0.1, 0.15) is 11.6 Å². The second-order valence-corrected chi connectivity index (χ2v) is 9.32. The maximum absolute atomic E-state index is 14.4. The quantitative estimate of drug-likeness (QED) is 0.310. The van der Waals surface area contributed by atoms with Gasteiger partial charge in [-0.3, -0.25) is 14.3 Å². The van der Waals surface area contributed by atoms with Crippen molar-refractivity contribution in [1.29, 1.82) is 0 Å². The molecule has 0 atom stereocenters. The van der Waals surface area contributed by atoms with Crippen LogP contribution in [0.3, 0.4) is 0 Å². The summed E-state index contributed by atoms with van der Waals surface area (Å²) in [5.74, 6) is -0.318. The number of benzene rings is 3. The number of nitrogens with zero attached hydrogens (tertiary/aromatic N) is 3. The Morgan fingerprint density at radius 2 is 1.76 bits per heavy atom. The molecule has 0 amide bonds. The lowest BCUT2D eigenvalue weighted by Crippen LogP contribution is -2.22. The van der Waals surface area contributed by atoms with Crippen LogP contribution in [0.2, 0.25) is 15.1 Å². The van der Waals surface area contributed by atoms with Gasteiger partial charge in [-0.05, 0) is 74.0 Å². The van der Waals surface area contributed by atoms with Gasteiger partial charge in [-0.15, -0.1) is 0 Å². The molecule has 168 valence electrons. The maximum atomic E-state index is 14.4. The van der Waals surface area contributed by atoms with Crippen molar-refractivity contribution >= 4 is 45.7 Å². The summed E-state index contributed by atoms with van der Waals surface area (Å²) < 4.78 is 15.7. The predicted molar refractivity (Wildman–Crippen MR) is 132 cm³/mol. The van der Waals surface area contributed by atoms with Crippen LogP contribution in [0.15, 0.2) is 59.4 Å². The molecule has 1 fully saturated rings. The summed E-state index contributed by atoms with van der Waals surface area (Å²) >= 11 is 18.9. The van der Waals surface area contributed by atoms with Gasteiger partial charge in [0, 0.05) is 17.1 Å². The zero-order valence-corrected chi connectivity index (χ0v) is 19.8. The number of rotatable bonds is 4. The lowest BCUT2D eigenvalue weighted by Gasteiger charge is -2.19. The van der Waals surface area contributed by atoms with E-state index in [0.717, 1.165) is 18.7 Å². The molecule has 33 heavy (non-hydrogen) atoms. The molecule has 2 heterocycles. The Balaban J connectivity index is 1.76. The molecule has 0 N–H and O–H groups in total. The molecule has 1 aliphatic heterocycles. The highest BCUT2D eigenvalue weighted by Crippen LogP contribution is 2.33. The summed E-state index contributed by atoms with van der Waals surface area (Å²) in [6.07, 6.45) is 2.35. The minimum atomic E-state index is -0.628. The Kier molecular flexibility index (Phi) is 6.14. The van der Waals surface area contributed by atoms with E-state index in [1.165, 1.54) is 29.5 Å². The van der Waals surface area contributed by atoms with E-state index in [4.69, 9.17) is 39.8 Å². The Bertz CT molecular complexity index is 1430. The largest absolute Gasteiger partial charge is 0.299 e. The monoisotopic (exact) mass is 501 g/mol. The van der Waals surface area contributed by atoms with Crippen molar-refractivity contribution < 1.29 is 4.39 Å². The standard InChI is InChI=1S/C25H19Cl3FN3O/c26-16-6-8-18-22(12-16)30-24(32(25(18)33)17-7-9-20(27)21(29)13-17)19-5-3-4-15(23(19)28)14-31-10-1-2-11-31/h3-9,12-13H,1-2,10-11,14H2. The van der Waals surface area contributed by atoms with Crippen molar-refractivity contribution in [2.45, 2.75) is 19.4 Å². The normalized spacial score (nSPS) is 14.3. The van der Waals surface area contributed by atoms with Gasteiger partial charge in [0.05, 0.1) is 26.6 Å². The lowest BCUT2D eigenvalue weighted by molar-refractivity contribution is 0.331. The maximum Gasteiger partial charge on any atom is 0.266 e. The van der Waals surface area contributed by atoms with Crippen molar-refractivity contribution in [2.24, 2.45) is 0 Å². The van der Waals surface area contributed by atoms with Crippen LogP contribution >= 0.6 is 34.8 Å². The predicted octanol–water partition coefficient (Wildman–Crippen LogP) is 6.75. The van der Waals surface area contributed by atoms with Crippen molar-refractivity contribution in [3.63, 3.8) is 0 Å². The first kappa shape index (κ1) is 22.4. The fraction of sp³-hybridized carbons (Fsp3) is 0.200. The van der Waals surface area contributed by atoms with Crippen molar-refractivity contribution in [2.75, 3.05) is 13.1 Å². The highest BCUT2D eigenvalue weighted by atomic mass is 35.5. The molecule has 4 nitrogen and oxygen atoms in total. The first-order valence-electron chi connectivity index (χ1n) is 10.6. The van der Waals surface area contributed by atoms with Crippen molar-refractivity contribution in [3.8, 4) is 17.1 Å². The smallest absolute Gasteiger partial charge is 0.266 e. The molecule has 5 rings (SSSR count). The second-order valence-electron chi connectivity index (χ2n) is 8.10. The average Bonchev–Trinajstić information content (AvgIpc) is 3.30. The molecule has 0 radical (unpaired) electrons. The summed E-state index contributed by atoms with van der Waals surface area (Å²) in [5, 5.41) is 1.31. The van der Waals surface area contributed by atoms with E-state index in [2.05, 4.69) is 4.90 Å². The third-order valence-electron chi connectivity index (χ3n) is 5.91. The molecule has 0 saturated carbocycles. The molecule has 0 bridgehead atoms. The minimum Gasteiger partial charge on any atom is -0.299 e. The van der Waals surface area contributed by atoms with E-state index in [9.17, 15) is 9.18 Å². The molecule has 1 saturated heterocycles. The van der Waals surface area contributed by atoms with Gasteiger partial charge >= 0.3 is 0 Å². The highest BCUT2D eigenvalue weighted by Gasteiger charge is 2.20. The van der Waals surface area contributed by atoms with Gasteiger partial charge in [0.2, 0.25) is 0 Å². The van der Waals surface area contributed by atoms with Crippen LogP contribution < -0.4 is 5.56 Å². The molecule has 0 spiro atoms.